The largest absolute Gasteiger partial charge is 0.504 e. The minimum absolute atomic E-state index is 0.262. The Morgan fingerprint density at radius 2 is 2.05 bits per heavy atom. The number of aryl methyl sites for hydroxylation is 2. The first-order valence-electron chi connectivity index (χ1n) is 5.71. The molecule has 0 aliphatic carbocycles. The zero-order chi connectivity index (χ0) is 14.0. The van der Waals surface area contributed by atoms with Crippen LogP contribution in [0.25, 0.3) is 0 Å². The molecule has 0 fully saturated rings. The Bertz CT molecular complexity index is 600. The van der Waals surface area contributed by atoms with Crippen LogP contribution in [0.1, 0.15) is 27.4 Å². The maximum atomic E-state index is 11.9. The highest BCUT2D eigenvalue weighted by atomic mass is 16.5. The average molecular weight is 262 g/mol. The van der Waals surface area contributed by atoms with E-state index in [1.807, 2.05) is 0 Å². The van der Waals surface area contributed by atoms with Gasteiger partial charge in [-0.25, -0.2) is 0 Å². The molecule has 1 aromatic heterocycles. The summed E-state index contributed by atoms with van der Waals surface area (Å²) in [7, 11) is 0. The molecule has 0 bridgehead atoms. The molecule has 0 unspecified atom stereocenters. The number of hydrogen-bond donors (Lipinski definition) is 3. The minimum atomic E-state index is -0.352. The monoisotopic (exact) mass is 262 g/mol. The SMILES string of the molecule is Cc1noc(C)c1CNC(=O)c1ccc(O)c(O)c1. The number of carbonyl (C=O) groups is 1. The Morgan fingerprint density at radius 1 is 1.32 bits per heavy atom. The summed E-state index contributed by atoms with van der Waals surface area (Å²) in [5, 5.41) is 25.0. The van der Waals surface area contributed by atoms with Crippen molar-refractivity contribution in [3.8, 4) is 11.5 Å². The van der Waals surface area contributed by atoms with Crippen LogP contribution in [-0.2, 0) is 6.54 Å². The van der Waals surface area contributed by atoms with E-state index in [-0.39, 0.29) is 23.0 Å². The molecule has 0 radical (unpaired) electrons. The summed E-state index contributed by atoms with van der Waals surface area (Å²) in [5.74, 6) is -0.283. The number of phenolic OH excluding ortho intramolecular Hbond substituents is 2. The molecule has 2 aromatic rings. The van der Waals surface area contributed by atoms with Crippen LogP contribution in [0.5, 0.6) is 11.5 Å². The summed E-state index contributed by atoms with van der Waals surface area (Å²) in [6.45, 7) is 3.86. The van der Waals surface area contributed by atoms with Crippen molar-refractivity contribution in [3.05, 3.63) is 40.8 Å². The lowest BCUT2D eigenvalue weighted by molar-refractivity contribution is 0.0950. The van der Waals surface area contributed by atoms with E-state index >= 15 is 0 Å². The van der Waals surface area contributed by atoms with Gasteiger partial charge in [0.05, 0.1) is 5.69 Å². The average Bonchev–Trinajstić information content (AvgIpc) is 2.69. The van der Waals surface area contributed by atoms with E-state index < -0.39 is 0 Å². The molecule has 2 rings (SSSR count). The Hall–Kier alpha value is -2.50. The number of benzene rings is 1. The van der Waals surface area contributed by atoms with Crippen molar-refractivity contribution in [1.82, 2.24) is 10.5 Å². The van der Waals surface area contributed by atoms with Crippen LogP contribution < -0.4 is 5.32 Å². The van der Waals surface area contributed by atoms with E-state index in [2.05, 4.69) is 10.5 Å². The molecule has 1 heterocycles. The second-order valence-electron chi connectivity index (χ2n) is 4.19. The van der Waals surface area contributed by atoms with Crippen molar-refractivity contribution in [3.63, 3.8) is 0 Å². The molecular formula is C13H14N2O4. The zero-order valence-electron chi connectivity index (χ0n) is 10.6. The van der Waals surface area contributed by atoms with E-state index in [1.165, 1.54) is 18.2 Å². The lowest BCUT2D eigenvalue weighted by Crippen LogP contribution is -2.23. The standard InChI is InChI=1S/C13H14N2O4/c1-7-10(8(2)19-15-7)6-14-13(18)9-3-4-11(16)12(17)5-9/h3-5,16-17H,6H2,1-2H3,(H,14,18). The van der Waals surface area contributed by atoms with Crippen molar-refractivity contribution in [2.75, 3.05) is 0 Å². The molecule has 6 nitrogen and oxygen atoms in total. The third-order valence-electron chi connectivity index (χ3n) is 2.84. The minimum Gasteiger partial charge on any atom is -0.504 e. The van der Waals surface area contributed by atoms with E-state index in [0.717, 1.165) is 11.3 Å². The second kappa shape index (κ2) is 5.01. The van der Waals surface area contributed by atoms with Gasteiger partial charge in [-0.15, -0.1) is 0 Å². The molecule has 0 spiro atoms. The van der Waals surface area contributed by atoms with E-state index in [1.54, 1.807) is 13.8 Å². The molecule has 0 saturated heterocycles. The molecular weight excluding hydrogens is 248 g/mol. The fourth-order valence-electron chi connectivity index (χ4n) is 1.69. The first-order valence-corrected chi connectivity index (χ1v) is 5.71. The maximum Gasteiger partial charge on any atom is 0.251 e. The molecule has 1 amide bonds. The molecule has 0 aliphatic heterocycles. The van der Waals surface area contributed by atoms with Gasteiger partial charge >= 0.3 is 0 Å². The number of nitrogens with zero attached hydrogens (tertiary/aromatic N) is 1. The van der Waals surface area contributed by atoms with Crippen LogP contribution in [0.15, 0.2) is 22.7 Å². The summed E-state index contributed by atoms with van der Waals surface area (Å²) < 4.78 is 4.99. The van der Waals surface area contributed by atoms with E-state index in [4.69, 9.17) is 4.52 Å². The van der Waals surface area contributed by atoms with Gasteiger partial charge in [-0.05, 0) is 32.0 Å². The molecule has 0 atom stereocenters. The number of amides is 1. The maximum absolute atomic E-state index is 11.9. The molecule has 0 aliphatic rings. The van der Waals surface area contributed by atoms with Gasteiger partial charge in [0.1, 0.15) is 5.76 Å². The second-order valence-corrected chi connectivity index (χ2v) is 4.19. The Balaban J connectivity index is 2.07. The molecule has 3 N–H and O–H groups in total. The quantitative estimate of drug-likeness (QED) is 0.731. The summed E-state index contributed by atoms with van der Waals surface area (Å²) in [5.41, 5.74) is 1.82. The molecule has 19 heavy (non-hydrogen) atoms. The van der Waals surface area contributed by atoms with Crippen molar-refractivity contribution in [2.45, 2.75) is 20.4 Å². The molecule has 100 valence electrons. The highest BCUT2D eigenvalue weighted by Gasteiger charge is 2.12. The molecule has 6 heteroatoms. The molecule has 0 saturated carbocycles. The van der Waals surface area contributed by atoms with Crippen LogP contribution in [0.3, 0.4) is 0 Å². The van der Waals surface area contributed by atoms with Gasteiger partial charge in [-0.2, -0.15) is 0 Å². The van der Waals surface area contributed by atoms with Crippen LogP contribution in [0.2, 0.25) is 0 Å². The number of carbonyl (C=O) groups excluding carboxylic acids is 1. The van der Waals surface area contributed by atoms with Crippen LogP contribution in [-0.4, -0.2) is 21.3 Å². The number of nitrogens with one attached hydrogen (secondary N) is 1. The molecule has 1 aromatic carbocycles. The number of hydrogen-bond acceptors (Lipinski definition) is 5. The van der Waals surface area contributed by atoms with Gasteiger partial charge in [0, 0.05) is 17.7 Å². The number of aromatic hydroxyl groups is 2. The first kappa shape index (κ1) is 12.9. The van der Waals surface area contributed by atoms with Crippen molar-refractivity contribution in [1.29, 1.82) is 0 Å². The van der Waals surface area contributed by atoms with Gasteiger partial charge in [-0.1, -0.05) is 5.16 Å². The Labute approximate surface area is 109 Å². The normalized spacial score (nSPS) is 10.4. The smallest absolute Gasteiger partial charge is 0.251 e. The van der Waals surface area contributed by atoms with Crippen molar-refractivity contribution in [2.24, 2.45) is 0 Å². The summed E-state index contributed by atoms with van der Waals surface area (Å²) in [6, 6.07) is 3.90. The highest BCUT2D eigenvalue weighted by Crippen LogP contribution is 2.24. The lowest BCUT2D eigenvalue weighted by Gasteiger charge is -2.06. The zero-order valence-corrected chi connectivity index (χ0v) is 10.6. The number of rotatable bonds is 3. The van der Waals surface area contributed by atoms with E-state index in [9.17, 15) is 15.0 Å². The van der Waals surface area contributed by atoms with Gasteiger partial charge in [0.15, 0.2) is 11.5 Å². The van der Waals surface area contributed by atoms with Gasteiger partial charge in [0.2, 0.25) is 0 Å². The lowest BCUT2D eigenvalue weighted by atomic mass is 10.1. The van der Waals surface area contributed by atoms with Crippen LogP contribution in [0.4, 0.5) is 0 Å². The number of phenols is 2. The van der Waals surface area contributed by atoms with Gasteiger partial charge in [0.25, 0.3) is 5.91 Å². The first-order chi connectivity index (χ1) is 8.99. The van der Waals surface area contributed by atoms with Crippen LogP contribution >= 0.6 is 0 Å². The van der Waals surface area contributed by atoms with E-state index in [0.29, 0.717) is 12.3 Å². The van der Waals surface area contributed by atoms with Crippen molar-refractivity contribution >= 4 is 5.91 Å². The topological polar surface area (TPSA) is 95.6 Å². The Morgan fingerprint density at radius 3 is 2.63 bits per heavy atom. The predicted octanol–water partition coefficient (Wildman–Crippen LogP) is 1.63. The van der Waals surface area contributed by atoms with Gasteiger partial charge in [-0.3, -0.25) is 4.79 Å². The highest BCUT2D eigenvalue weighted by molar-refractivity contribution is 5.94. The third kappa shape index (κ3) is 2.67. The summed E-state index contributed by atoms with van der Waals surface area (Å²) >= 11 is 0. The Kier molecular flexibility index (Phi) is 3.41. The van der Waals surface area contributed by atoms with Crippen molar-refractivity contribution < 1.29 is 19.5 Å². The fraction of sp³-hybridized carbons (Fsp3) is 0.231. The van der Waals surface area contributed by atoms with Crippen LogP contribution in [0, 0.1) is 13.8 Å². The predicted molar refractivity (Wildman–Crippen MR) is 66.9 cm³/mol. The summed E-state index contributed by atoms with van der Waals surface area (Å²) in [4.78, 5) is 11.9. The third-order valence-corrected chi connectivity index (χ3v) is 2.84. The number of aromatic nitrogens is 1. The fourth-order valence-corrected chi connectivity index (χ4v) is 1.69. The summed E-state index contributed by atoms with van der Waals surface area (Å²) in [6.07, 6.45) is 0. The van der Waals surface area contributed by atoms with Gasteiger partial charge < -0.3 is 20.1 Å².